The summed E-state index contributed by atoms with van der Waals surface area (Å²) in [7, 11) is 0. The fourth-order valence-corrected chi connectivity index (χ4v) is 3.26. The van der Waals surface area contributed by atoms with E-state index < -0.39 is 0 Å². The van der Waals surface area contributed by atoms with Gasteiger partial charge in [-0.15, -0.1) is 0 Å². The molecule has 1 heterocycles. The van der Waals surface area contributed by atoms with Crippen molar-refractivity contribution in [2.45, 2.75) is 25.3 Å². The molecule has 3 amide bonds. The number of nitrogens with one attached hydrogen (secondary N) is 2. The van der Waals surface area contributed by atoms with Crippen molar-refractivity contribution in [2.24, 2.45) is 17.8 Å². The third-order valence-corrected chi connectivity index (χ3v) is 3.75. The summed E-state index contributed by atoms with van der Waals surface area (Å²) >= 11 is 0. The van der Waals surface area contributed by atoms with Crippen LogP contribution in [0.5, 0.6) is 0 Å². The molecular formula is C9H12N2O2. The van der Waals surface area contributed by atoms with Crippen LogP contribution >= 0.6 is 0 Å². The van der Waals surface area contributed by atoms with Crippen LogP contribution < -0.4 is 10.6 Å². The van der Waals surface area contributed by atoms with Crippen molar-refractivity contribution in [1.29, 1.82) is 0 Å². The smallest absolute Gasteiger partial charge is 0.321 e. The number of hydrogen-bond acceptors (Lipinski definition) is 2. The van der Waals surface area contributed by atoms with E-state index in [1.165, 1.54) is 6.42 Å². The lowest BCUT2D eigenvalue weighted by molar-refractivity contribution is -0.127. The lowest BCUT2D eigenvalue weighted by atomic mass is 9.83. The molecule has 4 atom stereocenters. The van der Waals surface area contributed by atoms with Gasteiger partial charge in [-0.3, -0.25) is 10.1 Å². The highest BCUT2D eigenvalue weighted by Gasteiger charge is 2.53. The standard InChI is InChI=1S/C9H12N2O2/c12-8-6-4-1-2-5(3-4)7(6)10-9(13)11-8/h4-7H,1-3H2,(H2,10,11,12,13)/t4-,5+,6-,7+/m0/s1. The Balaban J connectivity index is 1.93. The van der Waals surface area contributed by atoms with Gasteiger partial charge in [0.1, 0.15) is 0 Å². The van der Waals surface area contributed by atoms with E-state index in [1.807, 2.05) is 0 Å². The average Bonchev–Trinajstić information content (AvgIpc) is 2.62. The zero-order valence-electron chi connectivity index (χ0n) is 7.25. The number of amides is 3. The monoisotopic (exact) mass is 180 g/mol. The van der Waals surface area contributed by atoms with E-state index in [9.17, 15) is 9.59 Å². The third-order valence-electron chi connectivity index (χ3n) is 3.75. The maximum Gasteiger partial charge on any atom is 0.321 e. The van der Waals surface area contributed by atoms with Crippen LogP contribution in [0.15, 0.2) is 0 Å². The van der Waals surface area contributed by atoms with Crippen LogP contribution in [0.4, 0.5) is 4.79 Å². The molecule has 2 saturated carbocycles. The molecule has 13 heavy (non-hydrogen) atoms. The van der Waals surface area contributed by atoms with E-state index in [1.54, 1.807) is 0 Å². The van der Waals surface area contributed by atoms with E-state index >= 15 is 0 Å². The largest absolute Gasteiger partial charge is 0.334 e. The number of hydrogen-bond donors (Lipinski definition) is 2. The summed E-state index contributed by atoms with van der Waals surface area (Å²) in [5.41, 5.74) is 0. The maximum atomic E-state index is 11.5. The average molecular weight is 180 g/mol. The van der Waals surface area contributed by atoms with Gasteiger partial charge in [0.05, 0.1) is 5.92 Å². The first-order chi connectivity index (χ1) is 6.25. The first-order valence-corrected chi connectivity index (χ1v) is 4.87. The van der Waals surface area contributed by atoms with Crippen molar-refractivity contribution < 1.29 is 9.59 Å². The molecule has 2 bridgehead atoms. The van der Waals surface area contributed by atoms with Crippen molar-refractivity contribution in [3.63, 3.8) is 0 Å². The quantitative estimate of drug-likeness (QED) is 0.561. The molecule has 70 valence electrons. The minimum atomic E-state index is -0.307. The lowest BCUT2D eigenvalue weighted by Crippen LogP contribution is -2.59. The second-order valence-corrected chi connectivity index (χ2v) is 4.35. The molecule has 2 aliphatic carbocycles. The Morgan fingerprint density at radius 3 is 2.77 bits per heavy atom. The first-order valence-electron chi connectivity index (χ1n) is 4.87. The molecule has 0 aromatic carbocycles. The predicted molar refractivity (Wildman–Crippen MR) is 44.8 cm³/mol. The van der Waals surface area contributed by atoms with Crippen LogP contribution in [-0.4, -0.2) is 18.0 Å². The Labute approximate surface area is 76.1 Å². The van der Waals surface area contributed by atoms with Gasteiger partial charge in [0.15, 0.2) is 0 Å². The molecule has 1 saturated heterocycles. The van der Waals surface area contributed by atoms with Crippen molar-refractivity contribution in [3.8, 4) is 0 Å². The number of urea groups is 1. The van der Waals surface area contributed by atoms with Crippen LogP contribution in [0.3, 0.4) is 0 Å². The molecule has 3 fully saturated rings. The van der Waals surface area contributed by atoms with Crippen molar-refractivity contribution in [1.82, 2.24) is 10.6 Å². The molecular weight excluding hydrogens is 168 g/mol. The van der Waals surface area contributed by atoms with Crippen LogP contribution in [0.1, 0.15) is 19.3 Å². The normalized spacial score (nSPS) is 47.1. The van der Waals surface area contributed by atoms with Crippen molar-refractivity contribution in [2.75, 3.05) is 0 Å². The molecule has 3 rings (SSSR count). The van der Waals surface area contributed by atoms with Crippen LogP contribution in [0, 0.1) is 17.8 Å². The maximum absolute atomic E-state index is 11.5. The molecule has 0 aromatic heterocycles. The Hall–Kier alpha value is -1.06. The van der Waals surface area contributed by atoms with Gasteiger partial charge in [-0.1, -0.05) is 0 Å². The molecule has 0 unspecified atom stereocenters. The zero-order valence-corrected chi connectivity index (χ0v) is 7.25. The van der Waals surface area contributed by atoms with Crippen LogP contribution in [-0.2, 0) is 4.79 Å². The Bertz CT molecular complexity index is 289. The predicted octanol–water partition coefficient (Wildman–Crippen LogP) is 0.240. The zero-order chi connectivity index (χ0) is 9.00. The SMILES string of the molecule is O=C1NC(=O)[C@H]2[C@H]3CC[C@H](C3)[C@H]2N1. The van der Waals surface area contributed by atoms with Crippen molar-refractivity contribution in [3.05, 3.63) is 0 Å². The summed E-state index contributed by atoms with van der Waals surface area (Å²) < 4.78 is 0. The molecule has 1 aliphatic heterocycles. The number of imide groups is 1. The number of carbonyl (C=O) groups is 2. The molecule has 2 N–H and O–H groups in total. The second kappa shape index (κ2) is 2.25. The highest BCUT2D eigenvalue weighted by atomic mass is 16.2. The van der Waals surface area contributed by atoms with E-state index in [2.05, 4.69) is 10.6 Å². The fourth-order valence-electron chi connectivity index (χ4n) is 3.26. The minimum absolute atomic E-state index is 0.0547. The molecule has 0 radical (unpaired) electrons. The van der Waals surface area contributed by atoms with Gasteiger partial charge < -0.3 is 5.32 Å². The number of carbonyl (C=O) groups excluding carboxylic acids is 2. The third kappa shape index (κ3) is 0.857. The first kappa shape index (κ1) is 7.35. The van der Waals surface area contributed by atoms with Gasteiger partial charge in [-0.05, 0) is 31.1 Å². The number of rotatable bonds is 0. The molecule has 0 spiro atoms. The van der Waals surface area contributed by atoms with Gasteiger partial charge in [-0.25, -0.2) is 4.79 Å². The summed E-state index contributed by atoms with van der Waals surface area (Å²) in [5.74, 6) is 1.10. The Kier molecular flexibility index (Phi) is 1.27. The van der Waals surface area contributed by atoms with E-state index in [4.69, 9.17) is 0 Å². The number of fused-ring (bicyclic) bond motifs is 5. The Morgan fingerprint density at radius 1 is 1.15 bits per heavy atom. The summed E-state index contributed by atoms with van der Waals surface area (Å²) in [6, 6.07) is -0.168. The van der Waals surface area contributed by atoms with Gasteiger partial charge in [0, 0.05) is 6.04 Å². The highest BCUT2D eigenvalue weighted by molar-refractivity contribution is 5.99. The topological polar surface area (TPSA) is 58.2 Å². The minimum Gasteiger partial charge on any atom is -0.334 e. The molecule has 3 aliphatic rings. The molecule has 0 aromatic rings. The second-order valence-electron chi connectivity index (χ2n) is 4.35. The van der Waals surface area contributed by atoms with E-state index in [-0.39, 0.29) is 23.9 Å². The lowest BCUT2D eigenvalue weighted by Gasteiger charge is -2.34. The summed E-state index contributed by atoms with van der Waals surface area (Å²) in [6.45, 7) is 0. The summed E-state index contributed by atoms with van der Waals surface area (Å²) in [5, 5.41) is 5.22. The molecule has 4 nitrogen and oxygen atoms in total. The van der Waals surface area contributed by atoms with E-state index in [0.717, 1.165) is 12.8 Å². The van der Waals surface area contributed by atoms with Gasteiger partial charge in [-0.2, -0.15) is 0 Å². The van der Waals surface area contributed by atoms with Crippen LogP contribution in [0.2, 0.25) is 0 Å². The van der Waals surface area contributed by atoms with E-state index in [0.29, 0.717) is 11.8 Å². The molecule has 4 heteroatoms. The highest BCUT2D eigenvalue weighted by Crippen LogP contribution is 2.49. The van der Waals surface area contributed by atoms with Crippen LogP contribution in [0.25, 0.3) is 0 Å². The van der Waals surface area contributed by atoms with Gasteiger partial charge in [0.25, 0.3) is 0 Å². The summed E-state index contributed by atoms with van der Waals surface area (Å²) in [4.78, 5) is 22.6. The van der Waals surface area contributed by atoms with Gasteiger partial charge in [0.2, 0.25) is 5.91 Å². The summed E-state index contributed by atoms with van der Waals surface area (Å²) in [6.07, 6.45) is 3.47. The van der Waals surface area contributed by atoms with Gasteiger partial charge >= 0.3 is 6.03 Å². The Morgan fingerprint density at radius 2 is 1.92 bits per heavy atom. The fraction of sp³-hybridized carbons (Fsp3) is 0.778. The van der Waals surface area contributed by atoms with Crippen molar-refractivity contribution >= 4 is 11.9 Å².